The van der Waals surface area contributed by atoms with Crippen molar-refractivity contribution in [2.75, 3.05) is 0 Å². The largest absolute Gasteiger partial charge is 0.481 e. The number of carboxylic acids is 1. The first-order valence-corrected chi connectivity index (χ1v) is 11.6. The number of Topliss-reactive ketones (excluding diaryl/α,β-unsaturated/α-hetero) is 1. The van der Waals surface area contributed by atoms with Crippen molar-refractivity contribution >= 4 is 11.8 Å². The summed E-state index contributed by atoms with van der Waals surface area (Å²) in [4.78, 5) is 23.1. The van der Waals surface area contributed by atoms with Crippen LogP contribution in [0.3, 0.4) is 0 Å². The number of aliphatic hydroxyl groups is 1. The molecule has 0 radical (unpaired) electrons. The van der Waals surface area contributed by atoms with Crippen LogP contribution in [0, 0.1) is 46.3 Å². The molecule has 0 spiro atoms. The van der Waals surface area contributed by atoms with Gasteiger partial charge < -0.3 is 10.2 Å². The Labute approximate surface area is 169 Å². The Balaban J connectivity index is 1.57. The van der Waals surface area contributed by atoms with Gasteiger partial charge in [-0.05, 0) is 91.3 Å². The van der Waals surface area contributed by atoms with Gasteiger partial charge in [-0.25, -0.2) is 0 Å². The summed E-state index contributed by atoms with van der Waals surface area (Å²) >= 11 is 0. The molecule has 2 N–H and O–H groups in total. The second-order valence-electron chi connectivity index (χ2n) is 11.1. The Kier molecular flexibility index (Phi) is 5.17. The molecule has 9 atom stereocenters. The van der Waals surface area contributed by atoms with E-state index in [1.807, 2.05) is 0 Å². The SMILES string of the molecule is C[C@@H](CCC(=O)O)[C@H]1CC[C@H]2[C@@H]3CC[C@H]4CC(=O)CC[C@]4(C)[C@H]3C[C@@H](O)[C@]12C. The third-order valence-electron chi connectivity index (χ3n) is 10.2. The predicted octanol–water partition coefficient (Wildman–Crippen LogP) is 4.69. The van der Waals surface area contributed by atoms with E-state index in [1.54, 1.807) is 0 Å². The monoisotopic (exact) mass is 390 g/mol. The molecule has 0 bridgehead atoms. The highest BCUT2D eigenvalue weighted by atomic mass is 16.4. The standard InChI is InChI=1S/C24H38O4/c1-14(4-9-22(27)28)18-7-8-19-17-6-5-15-12-16(25)10-11-23(15,2)20(17)13-21(26)24(18,19)3/h14-15,17-21,26H,4-13H2,1-3H3,(H,27,28)/t14-,15-,17-,18+,19-,20-,21+,23-,24+/m0/s1. The van der Waals surface area contributed by atoms with E-state index >= 15 is 0 Å². The zero-order valence-corrected chi connectivity index (χ0v) is 17.8. The zero-order valence-electron chi connectivity index (χ0n) is 17.8. The normalized spacial score (nSPS) is 49.1. The zero-order chi connectivity index (χ0) is 20.3. The molecule has 4 aliphatic rings. The number of rotatable bonds is 4. The molecule has 0 amide bonds. The van der Waals surface area contributed by atoms with Gasteiger partial charge in [0.05, 0.1) is 6.10 Å². The number of aliphatic hydroxyl groups excluding tert-OH is 1. The highest BCUT2D eigenvalue weighted by molar-refractivity contribution is 5.79. The number of carbonyl (C=O) groups excluding carboxylic acids is 1. The molecule has 0 saturated heterocycles. The molecule has 28 heavy (non-hydrogen) atoms. The Morgan fingerprint density at radius 1 is 1.18 bits per heavy atom. The number of aliphatic carboxylic acids is 1. The third kappa shape index (κ3) is 2.97. The van der Waals surface area contributed by atoms with E-state index in [0.29, 0.717) is 47.7 Å². The number of ketones is 1. The first kappa shape index (κ1) is 20.4. The maximum Gasteiger partial charge on any atom is 0.303 e. The second-order valence-corrected chi connectivity index (χ2v) is 11.1. The van der Waals surface area contributed by atoms with E-state index in [0.717, 1.165) is 32.1 Å². The lowest BCUT2D eigenvalue weighted by Crippen LogP contribution is -2.58. The van der Waals surface area contributed by atoms with Gasteiger partial charge >= 0.3 is 5.97 Å². The van der Waals surface area contributed by atoms with Crippen LogP contribution in [0.15, 0.2) is 0 Å². The van der Waals surface area contributed by atoms with Crippen molar-refractivity contribution < 1.29 is 19.8 Å². The van der Waals surface area contributed by atoms with Gasteiger partial charge in [-0.2, -0.15) is 0 Å². The summed E-state index contributed by atoms with van der Waals surface area (Å²) in [5.74, 6) is 2.76. The van der Waals surface area contributed by atoms with Crippen molar-refractivity contribution in [2.24, 2.45) is 46.3 Å². The van der Waals surface area contributed by atoms with Crippen molar-refractivity contribution in [2.45, 2.75) is 91.1 Å². The average molecular weight is 391 g/mol. The molecular formula is C24H38O4. The van der Waals surface area contributed by atoms with E-state index in [9.17, 15) is 14.7 Å². The lowest BCUT2D eigenvalue weighted by Gasteiger charge is -2.62. The molecule has 0 heterocycles. The minimum absolute atomic E-state index is 0.0766. The molecule has 0 aromatic heterocycles. The van der Waals surface area contributed by atoms with Crippen LogP contribution in [-0.2, 0) is 9.59 Å². The Hall–Kier alpha value is -0.900. The van der Waals surface area contributed by atoms with Gasteiger partial charge in [0, 0.05) is 19.3 Å². The molecule has 0 unspecified atom stereocenters. The van der Waals surface area contributed by atoms with E-state index in [1.165, 1.54) is 19.3 Å². The van der Waals surface area contributed by atoms with Gasteiger partial charge in [0.15, 0.2) is 0 Å². The highest BCUT2D eigenvalue weighted by Gasteiger charge is 2.63. The third-order valence-corrected chi connectivity index (χ3v) is 10.2. The highest BCUT2D eigenvalue weighted by Crippen LogP contribution is 2.68. The lowest BCUT2D eigenvalue weighted by molar-refractivity contribution is -0.171. The van der Waals surface area contributed by atoms with Gasteiger partial charge in [0.1, 0.15) is 5.78 Å². The first-order valence-electron chi connectivity index (χ1n) is 11.6. The van der Waals surface area contributed by atoms with E-state index in [4.69, 9.17) is 5.11 Å². The van der Waals surface area contributed by atoms with Crippen LogP contribution < -0.4 is 0 Å². The Morgan fingerprint density at radius 2 is 1.93 bits per heavy atom. The predicted molar refractivity (Wildman–Crippen MR) is 108 cm³/mol. The summed E-state index contributed by atoms with van der Waals surface area (Å²) in [6.45, 7) is 6.93. The van der Waals surface area contributed by atoms with Crippen molar-refractivity contribution in [1.29, 1.82) is 0 Å². The van der Waals surface area contributed by atoms with Crippen LogP contribution in [0.2, 0.25) is 0 Å². The molecule has 0 aliphatic heterocycles. The number of carbonyl (C=O) groups is 2. The molecular weight excluding hydrogens is 352 g/mol. The molecule has 4 aliphatic carbocycles. The summed E-state index contributed by atoms with van der Waals surface area (Å²) in [5.41, 5.74) is 0.138. The minimum Gasteiger partial charge on any atom is -0.481 e. The summed E-state index contributed by atoms with van der Waals surface area (Å²) in [5, 5.41) is 20.5. The fraction of sp³-hybridized carbons (Fsp3) is 0.917. The fourth-order valence-corrected chi connectivity index (χ4v) is 8.52. The lowest BCUT2D eigenvalue weighted by atomic mass is 9.44. The first-order chi connectivity index (χ1) is 13.2. The summed E-state index contributed by atoms with van der Waals surface area (Å²) in [7, 11) is 0. The van der Waals surface area contributed by atoms with E-state index in [-0.39, 0.29) is 23.4 Å². The molecule has 4 fully saturated rings. The van der Waals surface area contributed by atoms with Crippen molar-refractivity contribution in [1.82, 2.24) is 0 Å². The fourth-order valence-electron chi connectivity index (χ4n) is 8.52. The number of hydrogen-bond donors (Lipinski definition) is 2. The van der Waals surface area contributed by atoms with Crippen LogP contribution in [0.4, 0.5) is 0 Å². The number of hydrogen-bond acceptors (Lipinski definition) is 3. The van der Waals surface area contributed by atoms with Crippen molar-refractivity contribution in [3.8, 4) is 0 Å². The molecule has 4 nitrogen and oxygen atoms in total. The van der Waals surface area contributed by atoms with Crippen LogP contribution in [0.25, 0.3) is 0 Å². The quantitative estimate of drug-likeness (QED) is 0.730. The van der Waals surface area contributed by atoms with Gasteiger partial charge in [0.25, 0.3) is 0 Å². The molecule has 0 aromatic carbocycles. The van der Waals surface area contributed by atoms with Crippen LogP contribution in [0.1, 0.15) is 85.0 Å². The Bertz CT molecular complexity index is 645. The van der Waals surface area contributed by atoms with E-state index in [2.05, 4.69) is 20.8 Å². The minimum atomic E-state index is -0.714. The van der Waals surface area contributed by atoms with Gasteiger partial charge in [-0.1, -0.05) is 20.8 Å². The van der Waals surface area contributed by atoms with Crippen LogP contribution in [0.5, 0.6) is 0 Å². The van der Waals surface area contributed by atoms with Crippen LogP contribution >= 0.6 is 0 Å². The van der Waals surface area contributed by atoms with Crippen molar-refractivity contribution in [3.05, 3.63) is 0 Å². The number of carboxylic acid groups (broad SMARTS) is 1. The second kappa shape index (κ2) is 7.11. The molecule has 4 heteroatoms. The topological polar surface area (TPSA) is 74.6 Å². The average Bonchev–Trinajstić information content (AvgIpc) is 3.00. The molecule has 4 rings (SSSR count). The van der Waals surface area contributed by atoms with Crippen molar-refractivity contribution in [3.63, 3.8) is 0 Å². The van der Waals surface area contributed by atoms with Gasteiger partial charge in [-0.15, -0.1) is 0 Å². The van der Waals surface area contributed by atoms with Crippen LogP contribution in [-0.4, -0.2) is 28.1 Å². The van der Waals surface area contributed by atoms with Gasteiger partial charge in [0.2, 0.25) is 0 Å². The summed E-state index contributed by atoms with van der Waals surface area (Å²) in [6.07, 6.45) is 8.69. The smallest absolute Gasteiger partial charge is 0.303 e. The molecule has 4 saturated carbocycles. The summed E-state index contributed by atoms with van der Waals surface area (Å²) < 4.78 is 0. The molecule has 0 aromatic rings. The maximum absolute atomic E-state index is 12.1. The Morgan fingerprint density at radius 3 is 2.64 bits per heavy atom. The summed E-state index contributed by atoms with van der Waals surface area (Å²) in [6, 6.07) is 0. The van der Waals surface area contributed by atoms with Gasteiger partial charge in [-0.3, -0.25) is 9.59 Å². The van der Waals surface area contributed by atoms with E-state index < -0.39 is 5.97 Å². The number of fused-ring (bicyclic) bond motifs is 5. The molecule has 158 valence electrons. The maximum atomic E-state index is 12.1.